The van der Waals surface area contributed by atoms with Gasteiger partial charge < -0.3 is 10.2 Å². The molecule has 21 heavy (non-hydrogen) atoms. The first-order chi connectivity index (χ1) is 9.82. The molecule has 0 aliphatic carbocycles. The Hall–Kier alpha value is -1.84. The molecular formula is C17H26N2O2. The van der Waals surface area contributed by atoms with Gasteiger partial charge in [0.25, 0.3) is 0 Å². The zero-order valence-electron chi connectivity index (χ0n) is 13.7. The zero-order valence-corrected chi connectivity index (χ0v) is 13.7. The van der Waals surface area contributed by atoms with E-state index in [4.69, 9.17) is 0 Å². The molecule has 0 aromatic heterocycles. The Morgan fingerprint density at radius 1 is 1.10 bits per heavy atom. The predicted octanol–water partition coefficient (Wildman–Crippen LogP) is 2.51. The second-order valence-electron chi connectivity index (χ2n) is 5.77. The molecule has 1 aromatic carbocycles. The molecule has 1 rings (SSSR count). The minimum atomic E-state index is -1.04. The smallest absolute Gasteiger partial charge is 0.237 e. The largest absolute Gasteiger partial charge is 0.351 e. The predicted molar refractivity (Wildman–Crippen MR) is 84.7 cm³/mol. The second-order valence-corrected chi connectivity index (χ2v) is 5.77. The lowest BCUT2D eigenvalue weighted by Gasteiger charge is -2.29. The number of aryl methyl sites for hydroxylation is 1. The SMILES string of the molecule is CCN(CC)C(=O)C(C)(C)C(=O)NCc1ccc(C)cc1. The van der Waals surface area contributed by atoms with Crippen molar-refractivity contribution in [2.75, 3.05) is 13.1 Å². The number of amides is 2. The van der Waals surface area contributed by atoms with Gasteiger partial charge in [0, 0.05) is 19.6 Å². The molecule has 0 aliphatic rings. The minimum Gasteiger partial charge on any atom is -0.351 e. The monoisotopic (exact) mass is 290 g/mol. The van der Waals surface area contributed by atoms with Crippen LogP contribution in [-0.2, 0) is 16.1 Å². The van der Waals surface area contributed by atoms with E-state index >= 15 is 0 Å². The Balaban J connectivity index is 2.68. The van der Waals surface area contributed by atoms with E-state index in [1.54, 1.807) is 18.7 Å². The normalized spacial score (nSPS) is 11.1. The summed E-state index contributed by atoms with van der Waals surface area (Å²) < 4.78 is 0. The highest BCUT2D eigenvalue weighted by Crippen LogP contribution is 2.19. The summed E-state index contributed by atoms with van der Waals surface area (Å²) in [6.45, 7) is 10.9. The molecule has 0 spiro atoms. The minimum absolute atomic E-state index is 0.131. The maximum atomic E-state index is 12.4. The van der Waals surface area contributed by atoms with E-state index < -0.39 is 5.41 Å². The van der Waals surface area contributed by atoms with Crippen molar-refractivity contribution in [2.24, 2.45) is 5.41 Å². The third kappa shape index (κ3) is 4.31. The van der Waals surface area contributed by atoms with Crippen molar-refractivity contribution in [1.29, 1.82) is 0 Å². The third-order valence-electron chi connectivity index (χ3n) is 3.73. The van der Waals surface area contributed by atoms with Crippen molar-refractivity contribution in [2.45, 2.75) is 41.2 Å². The van der Waals surface area contributed by atoms with E-state index in [9.17, 15) is 9.59 Å². The lowest BCUT2D eigenvalue weighted by atomic mass is 9.90. The van der Waals surface area contributed by atoms with Gasteiger partial charge in [0.1, 0.15) is 5.41 Å². The molecule has 0 radical (unpaired) electrons. The molecule has 1 aromatic rings. The first kappa shape index (κ1) is 17.2. The van der Waals surface area contributed by atoms with E-state index in [0.29, 0.717) is 19.6 Å². The van der Waals surface area contributed by atoms with Crippen LogP contribution in [0.25, 0.3) is 0 Å². The van der Waals surface area contributed by atoms with E-state index in [1.807, 2.05) is 45.0 Å². The first-order valence-corrected chi connectivity index (χ1v) is 7.46. The fourth-order valence-corrected chi connectivity index (χ4v) is 2.11. The molecule has 0 saturated heterocycles. The van der Waals surface area contributed by atoms with E-state index in [2.05, 4.69) is 5.32 Å². The Morgan fingerprint density at radius 2 is 1.62 bits per heavy atom. The van der Waals surface area contributed by atoms with Crippen LogP contribution in [0.3, 0.4) is 0 Å². The molecule has 0 unspecified atom stereocenters. The molecule has 0 saturated carbocycles. The zero-order chi connectivity index (χ0) is 16.0. The summed E-state index contributed by atoms with van der Waals surface area (Å²) in [5.74, 6) is -0.367. The fraction of sp³-hybridized carbons (Fsp3) is 0.529. The lowest BCUT2D eigenvalue weighted by molar-refractivity contribution is -0.148. The molecule has 116 valence electrons. The average molecular weight is 290 g/mol. The molecule has 4 nitrogen and oxygen atoms in total. The lowest BCUT2D eigenvalue weighted by Crippen LogP contribution is -2.49. The Morgan fingerprint density at radius 3 is 2.10 bits per heavy atom. The Labute approximate surface area is 127 Å². The quantitative estimate of drug-likeness (QED) is 0.818. The van der Waals surface area contributed by atoms with Crippen molar-refractivity contribution in [1.82, 2.24) is 10.2 Å². The van der Waals surface area contributed by atoms with Gasteiger partial charge in [-0.05, 0) is 40.2 Å². The van der Waals surface area contributed by atoms with Crippen molar-refractivity contribution < 1.29 is 9.59 Å². The average Bonchev–Trinajstić information content (AvgIpc) is 2.47. The topological polar surface area (TPSA) is 49.4 Å². The van der Waals surface area contributed by atoms with Crippen LogP contribution in [0.1, 0.15) is 38.8 Å². The molecule has 2 amide bonds. The van der Waals surface area contributed by atoms with Gasteiger partial charge in [0.2, 0.25) is 11.8 Å². The molecule has 0 atom stereocenters. The summed E-state index contributed by atoms with van der Waals surface area (Å²) in [5.41, 5.74) is 1.17. The summed E-state index contributed by atoms with van der Waals surface area (Å²) in [4.78, 5) is 26.4. The maximum absolute atomic E-state index is 12.4. The first-order valence-electron chi connectivity index (χ1n) is 7.46. The number of carbonyl (C=O) groups excluding carboxylic acids is 2. The number of carbonyl (C=O) groups is 2. The van der Waals surface area contributed by atoms with E-state index in [-0.39, 0.29) is 11.8 Å². The van der Waals surface area contributed by atoms with Gasteiger partial charge in [-0.1, -0.05) is 29.8 Å². The van der Waals surface area contributed by atoms with Crippen molar-refractivity contribution in [3.05, 3.63) is 35.4 Å². The van der Waals surface area contributed by atoms with E-state index in [0.717, 1.165) is 5.56 Å². The number of hydrogen-bond donors (Lipinski definition) is 1. The van der Waals surface area contributed by atoms with Crippen molar-refractivity contribution in [3.8, 4) is 0 Å². The van der Waals surface area contributed by atoms with Gasteiger partial charge in [0.15, 0.2) is 0 Å². The summed E-state index contributed by atoms with van der Waals surface area (Å²) >= 11 is 0. The van der Waals surface area contributed by atoms with Crippen LogP contribution in [0.2, 0.25) is 0 Å². The highest BCUT2D eigenvalue weighted by Gasteiger charge is 2.38. The molecule has 4 heteroatoms. The van der Waals surface area contributed by atoms with Gasteiger partial charge in [0.05, 0.1) is 0 Å². The number of nitrogens with one attached hydrogen (secondary N) is 1. The van der Waals surface area contributed by atoms with Crippen LogP contribution in [-0.4, -0.2) is 29.8 Å². The summed E-state index contributed by atoms with van der Waals surface area (Å²) in [7, 11) is 0. The molecule has 0 aliphatic heterocycles. The van der Waals surface area contributed by atoms with Crippen LogP contribution in [0.4, 0.5) is 0 Å². The van der Waals surface area contributed by atoms with Crippen LogP contribution < -0.4 is 5.32 Å². The number of nitrogens with zero attached hydrogens (tertiary/aromatic N) is 1. The number of benzene rings is 1. The number of rotatable bonds is 6. The molecule has 0 bridgehead atoms. The molecule has 0 heterocycles. The molecule has 1 N–H and O–H groups in total. The van der Waals surface area contributed by atoms with Gasteiger partial charge in [-0.25, -0.2) is 0 Å². The van der Waals surface area contributed by atoms with Gasteiger partial charge in [-0.3, -0.25) is 9.59 Å². The fourth-order valence-electron chi connectivity index (χ4n) is 2.11. The van der Waals surface area contributed by atoms with Crippen LogP contribution in [0.15, 0.2) is 24.3 Å². The van der Waals surface area contributed by atoms with Gasteiger partial charge in [-0.2, -0.15) is 0 Å². The van der Waals surface area contributed by atoms with Crippen LogP contribution in [0.5, 0.6) is 0 Å². The summed E-state index contributed by atoms with van der Waals surface area (Å²) in [6, 6.07) is 7.98. The van der Waals surface area contributed by atoms with Crippen LogP contribution >= 0.6 is 0 Å². The van der Waals surface area contributed by atoms with Crippen molar-refractivity contribution >= 4 is 11.8 Å². The highest BCUT2D eigenvalue weighted by atomic mass is 16.2. The van der Waals surface area contributed by atoms with Gasteiger partial charge in [-0.15, -0.1) is 0 Å². The second kappa shape index (κ2) is 7.25. The molecule has 0 fully saturated rings. The maximum Gasteiger partial charge on any atom is 0.237 e. The van der Waals surface area contributed by atoms with Gasteiger partial charge >= 0.3 is 0 Å². The number of hydrogen-bond acceptors (Lipinski definition) is 2. The summed E-state index contributed by atoms with van der Waals surface area (Å²) in [5, 5.41) is 2.86. The Kier molecular flexibility index (Phi) is 5.94. The molecular weight excluding hydrogens is 264 g/mol. The van der Waals surface area contributed by atoms with Crippen molar-refractivity contribution in [3.63, 3.8) is 0 Å². The standard InChI is InChI=1S/C17H26N2O2/c1-6-19(7-2)16(21)17(4,5)15(20)18-12-14-10-8-13(3)9-11-14/h8-11H,6-7,12H2,1-5H3,(H,18,20). The third-order valence-corrected chi connectivity index (χ3v) is 3.73. The summed E-state index contributed by atoms with van der Waals surface area (Å²) in [6.07, 6.45) is 0. The Bertz CT molecular complexity index is 488. The van der Waals surface area contributed by atoms with Crippen LogP contribution in [0, 0.1) is 12.3 Å². The highest BCUT2D eigenvalue weighted by molar-refractivity contribution is 6.04. The van der Waals surface area contributed by atoms with E-state index in [1.165, 1.54) is 5.56 Å².